The summed E-state index contributed by atoms with van der Waals surface area (Å²) >= 11 is 0. The van der Waals surface area contributed by atoms with Crippen LogP contribution in [0.5, 0.6) is 0 Å². The van der Waals surface area contributed by atoms with E-state index in [4.69, 9.17) is 5.73 Å². The summed E-state index contributed by atoms with van der Waals surface area (Å²) in [5, 5.41) is 2.80. The van der Waals surface area contributed by atoms with E-state index >= 15 is 0 Å². The Morgan fingerprint density at radius 3 is 2.60 bits per heavy atom. The molecule has 1 aromatic heterocycles. The molecule has 0 amide bonds. The lowest BCUT2D eigenvalue weighted by atomic mass is 10.1. The van der Waals surface area contributed by atoms with Gasteiger partial charge >= 0.3 is 6.18 Å². The van der Waals surface area contributed by atoms with Gasteiger partial charge in [0.2, 0.25) is 0 Å². The summed E-state index contributed by atoms with van der Waals surface area (Å²) in [4.78, 5) is 8.00. The minimum Gasteiger partial charge on any atom is -0.370 e. The van der Waals surface area contributed by atoms with Gasteiger partial charge in [-0.15, -0.1) is 24.0 Å². The van der Waals surface area contributed by atoms with E-state index in [2.05, 4.69) is 15.3 Å². The second-order valence-corrected chi connectivity index (χ2v) is 5.00. The summed E-state index contributed by atoms with van der Waals surface area (Å²) in [6, 6.07) is 7.98. The van der Waals surface area contributed by atoms with E-state index in [0.717, 1.165) is 17.8 Å². The van der Waals surface area contributed by atoms with Crippen LogP contribution in [0.25, 0.3) is 0 Å². The van der Waals surface area contributed by atoms with Gasteiger partial charge in [-0.25, -0.2) is 9.38 Å². The first-order valence-corrected chi connectivity index (χ1v) is 7.15. The van der Waals surface area contributed by atoms with E-state index in [-0.39, 0.29) is 42.0 Å². The molecule has 1 heterocycles. The van der Waals surface area contributed by atoms with Crippen LogP contribution in [0.15, 0.2) is 47.6 Å². The van der Waals surface area contributed by atoms with Crippen molar-refractivity contribution in [2.45, 2.75) is 19.1 Å². The highest BCUT2D eigenvalue weighted by molar-refractivity contribution is 14.0. The molecule has 9 heteroatoms. The predicted molar refractivity (Wildman–Crippen MR) is 98.1 cm³/mol. The summed E-state index contributed by atoms with van der Waals surface area (Å²) in [5.74, 6) is -0.931. The maximum Gasteiger partial charge on any atom is 0.416 e. The molecular weight excluding hydrogens is 451 g/mol. The molecule has 0 spiro atoms. The molecule has 1 aromatic carbocycles. The first kappa shape index (κ1) is 21.1. The zero-order valence-electron chi connectivity index (χ0n) is 13.1. The molecule has 0 aliphatic carbocycles. The van der Waals surface area contributed by atoms with Gasteiger partial charge in [-0.1, -0.05) is 12.1 Å². The van der Waals surface area contributed by atoms with E-state index in [1.54, 1.807) is 12.3 Å². The fraction of sp³-hybridized carbons (Fsp3) is 0.250. The quantitative estimate of drug-likeness (QED) is 0.306. The molecule has 25 heavy (non-hydrogen) atoms. The second kappa shape index (κ2) is 9.54. The van der Waals surface area contributed by atoms with Gasteiger partial charge in [0.05, 0.1) is 12.1 Å². The Kier molecular flexibility index (Phi) is 8.07. The zero-order valence-corrected chi connectivity index (χ0v) is 15.4. The summed E-state index contributed by atoms with van der Waals surface area (Å²) in [5.41, 5.74) is 5.31. The number of halogens is 5. The SMILES string of the molecule is I.NC(=NCc1ccc(F)cc1C(F)(F)F)NCCc1ccccn1. The van der Waals surface area contributed by atoms with Gasteiger partial charge in [0.1, 0.15) is 5.82 Å². The number of aromatic nitrogens is 1. The van der Waals surface area contributed by atoms with Crippen LogP contribution in [0.3, 0.4) is 0 Å². The standard InChI is InChI=1S/C16H16F4N4.HI/c17-12-5-4-11(14(9-12)16(18,19)20)10-24-15(21)23-8-6-13-3-1-2-7-22-13;/h1-5,7,9H,6,8,10H2,(H3,21,23,24);1H. The van der Waals surface area contributed by atoms with Crippen LogP contribution in [-0.2, 0) is 19.1 Å². The average Bonchev–Trinajstić information content (AvgIpc) is 2.54. The van der Waals surface area contributed by atoms with Crippen molar-refractivity contribution >= 4 is 29.9 Å². The van der Waals surface area contributed by atoms with Crippen LogP contribution >= 0.6 is 24.0 Å². The molecule has 2 aromatic rings. The predicted octanol–water partition coefficient (Wildman–Crippen LogP) is 3.50. The van der Waals surface area contributed by atoms with E-state index in [1.807, 2.05) is 12.1 Å². The van der Waals surface area contributed by atoms with E-state index in [1.165, 1.54) is 0 Å². The Morgan fingerprint density at radius 2 is 1.96 bits per heavy atom. The van der Waals surface area contributed by atoms with Crippen molar-refractivity contribution in [3.05, 3.63) is 65.2 Å². The van der Waals surface area contributed by atoms with Gasteiger partial charge in [-0.2, -0.15) is 13.2 Å². The first-order chi connectivity index (χ1) is 11.4. The maximum atomic E-state index is 13.0. The van der Waals surface area contributed by atoms with Crippen molar-refractivity contribution < 1.29 is 17.6 Å². The smallest absolute Gasteiger partial charge is 0.370 e. The fourth-order valence-corrected chi connectivity index (χ4v) is 2.04. The Morgan fingerprint density at radius 1 is 1.20 bits per heavy atom. The molecule has 0 saturated carbocycles. The molecule has 0 unspecified atom stereocenters. The van der Waals surface area contributed by atoms with Gasteiger partial charge in [-0.3, -0.25) is 4.98 Å². The highest BCUT2D eigenvalue weighted by Crippen LogP contribution is 2.32. The number of benzene rings is 1. The van der Waals surface area contributed by atoms with Gasteiger partial charge < -0.3 is 11.1 Å². The van der Waals surface area contributed by atoms with Gasteiger partial charge in [0, 0.05) is 24.9 Å². The molecule has 0 saturated heterocycles. The van der Waals surface area contributed by atoms with Crippen molar-refractivity contribution in [3.8, 4) is 0 Å². The molecule has 0 radical (unpaired) electrons. The molecular formula is C16H17F4IN4. The minimum absolute atomic E-state index is 0. The topological polar surface area (TPSA) is 63.3 Å². The van der Waals surface area contributed by atoms with Gasteiger partial charge in [0.25, 0.3) is 0 Å². The molecule has 4 nitrogen and oxygen atoms in total. The number of rotatable bonds is 5. The Bertz CT molecular complexity index is 705. The Labute approximate surface area is 159 Å². The van der Waals surface area contributed by atoms with Gasteiger partial charge in [-0.05, 0) is 29.8 Å². The second-order valence-electron chi connectivity index (χ2n) is 5.00. The summed E-state index contributed by atoms with van der Waals surface area (Å²) in [6.07, 6.45) is -2.38. The molecule has 3 N–H and O–H groups in total. The zero-order chi connectivity index (χ0) is 17.6. The number of guanidine groups is 1. The number of nitrogens with one attached hydrogen (secondary N) is 1. The number of nitrogens with two attached hydrogens (primary N) is 1. The Balaban J connectivity index is 0.00000312. The van der Waals surface area contributed by atoms with Crippen molar-refractivity contribution in [1.82, 2.24) is 10.3 Å². The largest absolute Gasteiger partial charge is 0.416 e. The van der Waals surface area contributed by atoms with E-state index < -0.39 is 17.6 Å². The highest BCUT2D eigenvalue weighted by atomic mass is 127. The summed E-state index contributed by atoms with van der Waals surface area (Å²) in [7, 11) is 0. The molecule has 136 valence electrons. The lowest BCUT2D eigenvalue weighted by molar-refractivity contribution is -0.138. The molecule has 0 bridgehead atoms. The lowest BCUT2D eigenvalue weighted by Gasteiger charge is -2.12. The summed E-state index contributed by atoms with van der Waals surface area (Å²) < 4.78 is 51.6. The third-order valence-corrected chi connectivity index (χ3v) is 3.21. The van der Waals surface area contributed by atoms with Crippen molar-refractivity contribution in [2.75, 3.05) is 6.54 Å². The third-order valence-electron chi connectivity index (χ3n) is 3.21. The van der Waals surface area contributed by atoms with Gasteiger partial charge in [0.15, 0.2) is 5.96 Å². The monoisotopic (exact) mass is 468 g/mol. The molecule has 0 aliphatic rings. The fourth-order valence-electron chi connectivity index (χ4n) is 2.04. The van der Waals surface area contributed by atoms with Crippen LogP contribution in [0.4, 0.5) is 17.6 Å². The number of nitrogens with zero attached hydrogens (tertiary/aromatic N) is 2. The molecule has 0 aliphatic heterocycles. The molecule has 0 atom stereocenters. The number of alkyl halides is 3. The number of pyridine rings is 1. The normalized spacial score (nSPS) is 11.8. The van der Waals surface area contributed by atoms with Crippen LogP contribution in [0.2, 0.25) is 0 Å². The number of aliphatic imine (C=N–C) groups is 1. The van der Waals surface area contributed by atoms with Crippen molar-refractivity contribution in [1.29, 1.82) is 0 Å². The average molecular weight is 468 g/mol. The van der Waals surface area contributed by atoms with Crippen LogP contribution in [0.1, 0.15) is 16.8 Å². The minimum atomic E-state index is -4.64. The highest BCUT2D eigenvalue weighted by Gasteiger charge is 2.33. The number of hydrogen-bond acceptors (Lipinski definition) is 2. The van der Waals surface area contributed by atoms with Crippen molar-refractivity contribution in [2.24, 2.45) is 10.7 Å². The first-order valence-electron chi connectivity index (χ1n) is 7.15. The van der Waals surface area contributed by atoms with Crippen LogP contribution in [-0.4, -0.2) is 17.5 Å². The molecule has 0 fully saturated rings. The molecule has 2 rings (SSSR count). The third kappa shape index (κ3) is 6.85. The van der Waals surface area contributed by atoms with Crippen LogP contribution in [0, 0.1) is 5.82 Å². The van der Waals surface area contributed by atoms with E-state index in [0.29, 0.717) is 19.0 Å². The maximum absolute atomic E-state index is 13.0. The lowest BCUT2D eigenvalue weighted by Crippen LogP contribution is -2.33. The van der Waals surface area contributed by atoms with Crippen molar-refractivity contribution in [3.63, 3.8) is 0 Å². The van der Waals surface area contributed by atoms with Crippen LogP contribution < -0.4 is 11.1 Å². The number of hydrogen-bond donors (Lipinski definition) is 2. The Hall–Kier alpha value is -1.91. The summed E-state index contributed by atoms with van der Waals surface area (Å²) in [6.45, 7) is 0.152. The van der Waals surface area contributed by atoms with E-state index in [9.17, 15) is 17.6 Å².